The van der Waals surface area contributed by atoms with Crippen molar-refractivity contribution >= 4 is 18.0 Å². The van der Waals surface area contributed by atoms with Crippen LogP contribution in [0.2, 0.25) is 0 Å². The van der Waals surface area contributed by atoms with Crippen LogP contribution in [0.3, 0.4) is 0 Å². The minimum Gasteiger partial charge on any atom is -0.512 e. The van der Waals surface area contributed by atoms with Crippen LogP contribution in [-0.4, -0.2) is 34.8 Å². The van der Waals surface area contributed by atoms with Crippen LogP contribution in [0, 0.1) is 20.8 Å². The monoisotopic (exact) mass is 373 g/mol. The van der Waals surface area contributed by atoms with E-state index in [1.165, 1.54) is 0 Å². The standard InChI is InChI=1S/C21H27NO5/c1-5-27-22-8-6-7-16-17(23)10-15(11-18(16)24)19-12(2)9-13(3)20(14(19)4)21(25)26/h8-9,15,23H,5-7,10-11H2,1-4H3,(H,25,26). The molecule has 6 nitrogen and oxygen atoms in total. The SMILES string of the molecule is CCON=CCCC1=C(O)CC(c2c(C)cc(C)c(C(=O)O)c2C)CC1=O. The van der Waals surface area contributed by atoms with Crippen LogP contribution >= 0.6 is 0 Å². The number of oxime groups is 1. The van der Waals surface area contributed by atoms with Gasteiger partial charge in [0.25, 0.3) is 0 Å². The molecule has 0 radical (unpaired) electrons. The van der Waals surface area contributed by atoms with Gasteiger partial charge in [-0.2, -0.15) is 0 Å². The number of carbonyl (C=O) groups excluding carboxylic acids is 1. The molecule has 0 saturated carbocycles. The lowest BCUT2D eigenvalue weighted by Gasteiger charge is -2.27. The molecule has 2 rings (SSSR count). The van der Waals surface area contributed by atoms with E-state index in [0.29, 0.717) is 42.6 Å². The lowest BCUT2D eigenvalue weighted by Crippen LogP contribution is -2.21. The van der Waals surface area contributed by atoms with Gasteiger partial charge < -0.3 is 15.1 Å². The van der Waals surface area contributed by atoms with E-state index in [2.05, 4.69) is 5.16 Å². The van der Waals surface area contributed by atoms with Gasteiger partial charge in [-0.3, -0.25) is 4.79 Å². The summed E-state index contributed by atoms with van der Waals surface area (Å²) < 4.78 is 0. The van der Waals surface area contributed by atoms with Crippen LogP contribution in [0.25, 0.3) is 0 Å². The first-order valence-corrected chi connectivity index (χ1v) is 9.19. The zero-order chi connectivity index (χ0) is 20.1. The number of benzene rings is 1. The van der Waals surface area contributed by atoms with Crippen molar-refractivity contribution in [2.45, 2.75) is 59.3 Å². The van der Waals surface area contributed by atoms with Crippen molar-refractivity contribution in [2.75, 3.05) is 6.61 Å². The second kappa shape index (κ2) is 8.84. The number of ketones is 1. The molecule has 2 N–H and O–H groups in total. The van der Waals surface area contributed by atoms with Crippen molar-refractivity contribution in [3.8, 4) is 0 Å². The highest BCUT2D eigenvalue weighted by atomic mass is 16.6. The zero-order valence-electron chi connectivity index (χ0n) is 16.3. The molecule has 6 heteroatoms. The van der Waals surface area contributed by atoms with E-state index in [-0.39, 0.29) is 29.4 Å². The Morgan fingerprint density at radius 2 is 2.00 bits per heavy atom. The minimum atomic E-state index is -0.970. The number of Topliss-reactive ketones (excluding diaryl/α,β-unsaturated/α-hetero) is 1. The van der Waals surface area contributed by atoms with Gasteiger partial charge in [0, 0.05) is 24.6 Å². The highest BCUT2D eigenvalue weighted by molar-refractivity contribution is 5.98. The molecule has 0 spiro atoms. The number of allylic oxidation sites excluding steroid dienone is 2. The van der Waals surface area contributed by atoms with E-state index in [4.69, 9.17) is 4.84 Å². The minimum absolute atomic E-state index is 0.0928. The quantitative estimate of drug-likeness (QED) is 0.546. The van der Waals surface area contributed by atoms with E-state index in [1.807, 2.05) is 19.9 Å². The molecule has 0 amide bonds. The van der Waals surface area contributed by atoms with Crippen molar-refractivity contribution in [3.05, 3.63) is 45.2 Å². The van der Waals surface area contributed by atoms with Gasteiger partial charge in [-0.05, 0) is 68.7 Å². The number of aliphatic hydroxyl groups excluding tert-OH is 1. The van der Waals surface area contributed by atoms with Crippen molar-refractivity contribution in [2.24, 2.45) is 5.16 Å². The predicted molar refractivity (Wildman–Crippen MR) is 104 cm³/mol. The Labute approximate surface area is 159 Å². The second-order valence-corrected chi connectivity index (χ2v) is 6.93. The zero-order valence-corrected chi connectivity index (χ0v) is 16.3. The summed E-state index contributed by atoms with van der Waals surface area (Å²) in [5, 5.41) is 23.7. The van der Waals surface area contributed by atoms with Gasteiger partial charge >= 0.3 is 5.97 Å². The van der Waals surface area contributed by atoms with Crippen LogP contribution in [-0.2, 0) is 9.63 Å². The molecule has 0 heterocycles. The number of aryl methyl sites for hydroxylation is 2. The number of aliphatic hydroxyl groups is 1. The third-order valence-corrected chi connectivity index (χ3v) is 5.01. The van der Waals surface area contributed by atoms with Crippen LogP contribution in [0.15, 0.2) is 22.6 Å². The topological polar surface area (TPSA) is 96.2 Å². The maximum Gasteiger partial charge on any atom is 0.336 e. The van der Waals surface area contributed by atoms with Crippen molar-refractivity contribution in [1.29, 1.82) is 0 Å². The summed E-state index contributed by atoms with van der Waals surface area (Å²) >= 11 is 0. The summed E-state index contributed by atoms with van der Waals surface area (Å²) in [5.74, 6) is -1.18. The Morgan fingerprint density at radius 3 is 2.59 bits per heavy atom. The van der Waals surface area contributed by atoms with Gasteiger partial charge in [-0.25, -0.2) is 4.79 Å². The molecule has 0 aromatic heterocycles. The Kier molecular flexibility index (Phi) is 6.77. The fraction of sp³-hybridized carbons (Fsp3) is 0.476. The summed E-state index contributed by atoms with van der Waals surface area (Å²) in [5.41, 5.74) is 3.91. The smallest absolute Gasteiger partial charge is 0.336 e. The summed E-state index contributed by atoms with van der Waals surface area (Å²) in [7, 11) is 0. The number of carbonyl (C=O) groups is 2. The van der Waals surface area contributed by atoms with E-state index < -0.39 is 5.97 Å². The molecule has 1 aliphatic rings. The maximum atomic E-state index is 12.6. The van der Waals surface area contributed by atoms with Crippen molar-refractivity contribution < 1.29 is 24.6 Å². The fourth-order valence-corrected chi connectivity index (χ4v) is 3.97. The summed E-state index contributed by atoms with van der Waals surface area (Å²) in [6.07, 6.45) is 3.14. The van der Waals surface area contributed by atoms with Gasteiger partial charge in [0.2, 0.25) is 0 Å². The van der Waals surface area contributed by atoms with Crippen LogP contribution in [0.1, 0.15) is 71.1 Å². The second-order valence-electron chi connectivity index (χ2n) is 6.93. The van der Waals surface area contributed by atoms with E-state index in [0.717, 1.165) is 11.1 Å². The molecule has 1 unspecified atom stereocenters. The summed E-state index contributed by atoms with van der Waals surface area (Å²) in [6, 6.07) is 1.84. The summed E-state index contributed by atoms with van der Waals surface area (Å²) in [4.78, 5) is 29.1. The average molecular weight is 373 g/mol. The molecule has 1 aliphatic carbocycles. The van der Waals surface area contributed by atoms with Gasteiger partial charge in [0.15, 0.2) is 5.78 Å². The first kappa shape index (κ1) is 20.7. The van der Waals surface area contributed by atoms with Crippen LogP contribution < -0.4 is 0 Å². The van der Waals surface area contributed by atoms with Crippen molar-refractivity contribution in [1.82, 2.24) is 0 Å². The van der Waals surface area contributed by atoms with E-state index in [1.54, 1.807) is 20.1 Å². The van der Waals surface area contributed by atoms with Gasteiger partial charge in [-0.1, -0.05) is 11.2 Å². The number of carboxylic acids is 1. The molecule has 1 atom stereocenters. The Morgan fingerprint density at radius 1 is 1.30 bits per heavy atom. The van der Waals surface area contributed by atoms with E-state index in [9.17, 15) is 19.8 Å². The first-order chi connectivity index (χ1) is 12.8. The highest BCUT2D eigenvalue weighted by Gasteiger charge is 2.31. The molecule has 1 aromatic rings. The number of hydrogen-bond donors (Lipinski definition) is 2. The molecule has 0 saturated heterocycles. The lowest BCUT2D eigenvalue weighted by molar-refractivity contribution is -0.116. The Hall–Kier alpha value is -2.63. The molecule has 1 aromatic carbocycles. The molecule has 0 bridgehead atoms. The van der Waals surface area contributed by atoms with E-state index >= 15 is 0 Å². The third-order valence-electron chi connectivity index (χ3n) is 5.01. The summed E-state index contributed by atoms with van der Waals surface area (Å²) in [6.45, 7) is 7.80. The average Bonchev–Trinajstić information content (AvgIpc) is 2.55. The normalized spacial score (nSPS) is 17.6. The molecular weight excluding hydrogens is 346 g/mol. The van der Waals surface area contributed by atoms with Crippen LogP contribution in [0.4, 0.5) is 0 Å². The number of rotatable bonds is 7. The first-order valence-electron chi connectivity index (χ1n) is 9.19. The molecule has 27 heavy (non-hydrogen) atoms. The number of hydrogen-bond acceptors (Lipinski definition) is 5. The lowest BCUT2D eigenvalue weighted by atomic mass is 9.77. The largest absolute Gasteiger partial charge is 0.512 e. The Balaban J connectivity index is 2.28. The maximum absolute atomic E-state index is 12.6. The Bertz CT molecular complexity index is 807. The van der Waals surface area contributed by atoms with Crippen LogP contribution in [0.5, 0.6) is 0 Å². The number of carboxylic acid groups (broad SMARTS) is 1. The van der Waals surface area contributed by atoms with Gasteiger partial charge in [0.1, 0.15) is 6.61 Å². The number of aromatic carboxylic acids is 1. The van der Waals surface area contributed by atoms with Gasteiger partial charge in [-0.15, -0.1) is 0 Å². The molecule has 0 aliphatic heterocycles. The van der Waals surface area contributed by atoms with Crippen molar-refractivity contribution in [3.63, 3.8) is 0 Å². The molecule has 0 fully saturated rings. The molecule has 146 valence electrons. The molecular formula is C21H27NO5. The van der Waals surface area contributed by atoms with Gasteiger partial charge in [0.05, 0.1) is 11.3 Å². The highest BCUT2D eigenvalue weighted by Crippen LogP contribution is 2.39. The fourth-order valence-electron chi connectivity index (χ4n) is 3.97. The third kappa shape index (κ3) is 4.56. The number of nitrogens with zero attached hydrogens (tertiary/aromatic N) is 1. The predicted octanol–water partition coefficient (Wildman–Crippen LogP) is 4.37.